The molecule has 0 bridgehead atoms. The summed E-state index contributed by atoms with van der Waals surface area (Å²) in [5.41, 5.74) is 1.97. The molecule has 34 heavy (non-hydrogen) atoms. The topological polar surface area (TPSA) is 124 Å². The highest BCUT2D eigenvalue weighted by Crippen LogP contribution is 2.45. The van der Waals surface area contributed by atoms with Crippen LogP contribution in [0.3, 0.4) is 0 Å². The van der Waals surface area contributed by atoms with Crippen LogP contribution in [0, 0.1) is 19.3 Å². The van der Waals surface area contributed by atoms with Gasteiger partial charge in [-0.15, -0.1) is 11.3 Å². The standard InChI is InChI=1S/C23H33NO4S2.C2H4O2/c1-8-23(9-2,20-13-16(4)21(29-20)30(24,26)27)17-10-11-18(15(3)12-17)28-14-19(25)22(5,6)7;1-2(3)4/h10-13H,8-9,14H2,1-7H3,(H2,24,26,27);1H3,(H,3,4). The molecule has 0 atom stereocenters. The van der Waals surface area contributed by atoms with Crippen molar-refractivity contribution < 1.29 is 27.9 Å². The van der Waals surface area contributed by atoms with Crippen molar-refractivity contribution in [3.8, 4) is 5.75 Å². The molecule has 0 aliphatic heterocycles. The van der Waals surface area contributed by atoms with Gasteiger partial charge in [0.05, 0.1) is 0 Å². The first-order valence-electron chi connectivity index (χ1n) is 11.1. The molecule has 1 aromatic carbocycles. The number of sulfonamides is 1. The largest absolute Gasteiger partial charge is 0.486 e. The maximum Gasteiger partial charge on any atom is 0.300 e. The summed E-state index contributed by atoms with van der Waals surface area (Å²) in [4.78, 5) is 22.2. The van der Waals surface area contributed by atoms with Crippen LogP contribution in [0.5, 0.6) is 5.75 Å². The summed E-state index contributed by atoms with van der Waals surface area (Å²) < 4.78 is 29.9. The predicted octanol–water partition coefficient (Wildman–Crippen LogP) is 5.20. The molecule has 0 saturated heterocycles. The van der Waals surface area contributed by atoms with Crippen molar-refractivity contribution in [1.82, 2.24) is 0 Å². The Morgan fingerprint density at radius 1 is 1.06 bits per heavy atom. The van der Waals surface area contributed by atoms with Crippen LogP contribution in [0.4, 0.5) is 0 Å². The summed E-state index contributed by atoms with van der Waals surface area (Å²) in [6.45, 7) is 14.7. The van der Waals surface area contributed by atoms with E-state index in [-0.39, 0.29) is 22.0 Å². The van der Waals surface area contributed by atoms with Crippen molar-refractivity contribution in [2.24, 2.45) is 10.6 Å². The minimum atomic E-state index is -3.75. The number of ketones is 1. The second-order valence-electron chi connectivity index (χ2n) is 9.38. The van der Waals surface area contributed by atoms with Crippen molar-refractivity contribution in [2.45, 2.75) is 77.9 Å². The molecule has 0 spiro atoms. The second kappa shape index (κ2) is 11.5. The lowest BCUT2D eigenvalue weighted by Crippen LogP contribution is -2.27. The minimum Gasteiger partial charge on any atom is -0.486 e. The minimum absolute atomic E-state index is 0.0399. The fraction of sp³-hybridized carbons (Fsp3) is 0.520. The number of hydrogen-bond acceptors (Lipinski definition) is 6. The molecule has 0 amide bonds. The van der Waals surface area contributed by atoms with Crippen LogP contribution in [0.2, 0.25) is 0 Å². The molecule has 0 unspecified atom stereocenters. The molecule has 2 rings (SSSR count). The second-order valence-corrected chi connectivity index (χ2v) is 12.2. The normalized spacial score (nSPS) is 12.0. The van der Waals surface area contributed by atoms with E-state index in [2.05, 4.69) is 19.9 Å². The molecule has 0 saturated carbocycles. The number of primary sulfonamides is 1. The Bertz CT molecular complexity index is 1120. The number of aliphatic carboxylic acids is 1. The van der Waals surface area contributed by atoms with E-state index in [1.54, 1.807) is 6.92 Å². The quantitative estimate of drug-likeness (QED) is 0.502. The summed E-state index contributed by atoms with van der Waals surface area (Å²) in [5, 5.41) is 12.8. The Balaban J connectivity index is 0.00000133. The molecule has 1 aromatic heterocycles. The van der Waals surface area contributed by atoms with E-state index in [1.165, 1.54) is 11.3 Å². The molecule has 0 fully saturated rings. The Morgan fingerprint density at radius 2 is 1.59 bits per heavy atom. The third kappa shape index (κ3) is 7.38. The van der Waals surface area contributed by atoms with Crippen molar-refractivity contribution in [2.75, 3.05) is 6.61 Å². The Labute approximate surface area is 207 Å². The van der Waals surface area contributed by atoms with Crippen molar-refractivity contribution in [3.05, 3.63) is 45.8 Å². The molecular weight excluding hydrogens is 474 g/mol. The number of benzene rings is 1. The van der Waals surface area contributed by atoms with Crippen LogP contribution in [0.15, 0.2) is 28.5 Å². The Kier molecular flexibility index (Phi) is 10.0. The molecule has 2 aromatic rings. The number of thiophene rings is 1. The van der Waals surface area contributed by atoms with Crippen LogP contribution in [0.25, 0.3) is 0 Å². The van der Waals surface area contributed by atoms with Gasteiger partial charge in [0.2, 0.25) is 10.0 Å². The Morgan fingerprint density at radius 3 is 1.97 bits per heavy atom. The summed E-state index contributed by atoms with van der Waals surface area (Å²) in [6, 6.07) is 7.94. The van der Waals surface area contributed by atoms with E-state index in [0.29, 0.717) is 11.3 Å². The number of carboxylic acid groups (broad SMARTS) is 1. The molecule has 0 radical (unpaired) electrons. The zero-order valence-corrected chi connectivity index (χ0v) is 22.9. The van der Waals surface area contributed by atoms with Gasteiger partial charge in [0, 0.05) is 22.6 Å². The molecule has 7 nitrogen and oxygen atoms in total. The highest BCUT2D eigenvalue weighted by Gasteiger charge is 2.34. The first kappa shape index (κ1) is 29.8. The summed E-state index contributed by atoms with van der Waals surface area (Å²) >= 11 is 1.26. The molecule has 1 heterocycles. The average molecular weight is 512 g/mol. The van der Waals surface area contributed by atoms with Crippen molar-refractivity contribution in [3.63, 3.8) is 0 Å². The number of ether oxygens (including phenoxy) is 1. The maximum atomic E-state index is 12.2. The number of rotatable bonds is 8. The molecule has 3 N–H and O–H groups in total. The lowest BCUT2D eigenvalue weighted by atomic mass is 9.74. The zero-order chi connectivity index (χ0) is 26.5. The van der Waals surface area contributed by atoms with Gasteiger partial charge in [-0.1, -0.05) is 46.8 Å². The van der Waals surface area contributed by atoms with Gasteiger partial charge >= 0.3 is 0 Å². The SMILES string of the molecule is CC(=O)O.CCC(CC)(c1ccc(OCC(=O)C(C)(C)C)c(C)c1)c1cc(C)c(S(N)(=O)=O)s1. The molecule has 0 aliphatic carbocycles. The van der Waals surface area contributed by atoms with E-state index in [4.69, 9.17) is 19.8 Å². The first-order chi connectivity index (χ1) is 15.5. The number of carbonyl (C=O) groups excluding carboxylic acids is 1. The predicted molar refractivity (Wildman–Crippen MR) is 136 cm³/mol. The first-order valence-corrected chi connectivity index (χ1v) is 13.5. The van der Waals surface area contributed by atoms with E-state index in [0.717, 1.165) is 35.8 Å². The summed E-state index contributed by atoms with van der Waals surface area (Å²) in [5.74, 6) is -0.0999. The van der Waals surface area contributed by atoms with E-state index in [9.17, 15) is 13.2 Å². The third-order valence-electron chi connectivity index (χ3n) is 5.73. The third-order valence-corrected chi connectivity index (χ3v) is 8.75. The highest BCUT2D eigenvalue weighted by atomic mass is 32.2. The van der Waals surface area contributed by atoms with Gasteiger partial charge in [0.25, 0.3) is 5.97 Å². The highest BCUT2D eigenvalue weighted by molar-refractivity contribution is 7.91. The number of carboxylic acids is 1. The van der Waals surface area contributed by atoms with Gasteiger partial charge in [-0.2, -0.15) is 0 Å². The smallest absolute Gasteiger partial charge is 0.300 e. The number of hydrogen-bond donors (Lipinski definition) is 2. The number of Topliss-reactive ketones (excluding diaryl/α,β-unsaturated/α-hetero) is 1. The Hall–Kier alpha value is -2.23. The lowest BCUT2D eigenvalue weighted by molar-refractivity contribution is -0.134. The lowest BCUT2D eigenvalue weighted by Gasteiger charge is -2.32. The fourth-order valence-electron chi connectivity index (χ4n) is 3.60. The number of carbonyl (C=O) groups is 2. The number of aryl methyl sites for hydroxylation is 2. The zero-order valence-electron chi connectivity index (χ0n) is 21.3. The van der Waals surface area contributed by atoms with Crippen LogP contribution >= 0.6 is 11.3 Å². The number of nitrogens with two attached hydrogens (primary N) is 1. The van der Waals surface area contributed by atoms with Crippen LogP contribution in [-0.2, 0) is 25.0 Å². The van der Waals surface area contributed by atoms with Gasteiger partial charge in [-0.3, -0.25) is 9.59 Å². The van der Waals surface area contributed by atoms with Crippen LogP contribution in [0.1, 0.15) is 76.0 Å². The van der Waals surface area contributed by atoms with Crippen LogP contribution < -0.4 is 9.88 Å². The van der Waals surface area contributed by atoms with Gasteiger partial charge in [-0.25, -0.2) is 13.6 Å². The van der Waals surface area contributed by atoms with E-state index >= 15 is 0 Å². The summed E-state index contributed by atoms with van der Waals surface area (Å²) in [7, 11) is -3.75. The van der Waals surface area contributed by atoms with Gasteiger partial charge in [0.1, 0.15) is 16.6 Å². The van der Waals surface area contributed by atoms with Crippen LogP contribution in [-0.4, -0.2) is 31.9 Å². The molecule has 0 aliphatic rings. The maximum absolute atomic E-state index is 12.2. The summed E-state index contributed by atoms with van der Waals surface area (Å²) in [6.07, 6.45) is 1.63. The molecular formula is C25H37NO6S2. The van der Waals surface area contributed by atoms with E-state index in [1.807, 2.05) is 45.9 Å². The van der Waals surface area contributed by atoms with Crippen molar-refractivity contribution >= 4 is 33.1 Å². The van der Waals surface area contributed by atoms with Gasteiger partial charge in [-0.05, 0) is 55.5 Å². The monoisotopic (exact) mass is 511 g/mol. The molecule has 9 heteroatoms. The van der Waals surface area contributed by atoms with Crippen molar-refractivity contribution in [1.29, 1.82) is 0 Å². The fourth-order valence-corrected chi connectivity index (χ4v) is 6.10. The molecule has 190 valence electrons. The average Bonchev–Trinajstić information content (AvgIpc) is 3.10. The van der Waals surface area contributed by atoms with E-state index < -0.39 is 21.4 Å². The van der Waals surface area contributed by atoms with Gasteiger partial charge < -0.3 is 9.84 Å². The van der Waals surface area contributed by atoms with Gasteiger partial charge in [0.15, 0.2) is 5.78 Å².